The topological polar surface area (TPSA) is 102 Å². The normalized spacial score (nSPS) is 13.5. The molecule has 1 amide bonds. The van der Waals surface area contributed by atoms with E-state index in [4.69, 9.17) is 4.55 Å². The average Bonchev–Trinajstić information content (AvgIpc) is 2.29. The molecule has 0 rings (SSSR count). The van der Waals surface area contributed by atoms with Crippen LogP contribution in [-0.4, -0.2) is 39.7 Å². The maximum atomic E-state index is 12.6. The molecule has 0 aromatic carbocycles. The molecule has 0 saturated carbocycles. The Balaban J connectivity index is 3.54. The molecular formula is C9H16FNO6S. The van der Waals surface area contributed by atoms with Gasteiger partial charge in [0.15, 0.2) is 11.1 Å². The van der Waals surface area contributed by atoms with Gasteiger partial charge in [-0.2, -0.15) is 0 Å². The number of hydrogen-bond acceptors (Lipinski definition) is 5. The first-order valence-corrected chi connectivity index (χ1v) is 6.44. The summed E-state index contributed by atoms with van der Waals surface area (Å²) in [5, 5.41) is 2.14. The number of halogens is 1. The molecule has 106 valence electrons. The number of carbonyl (C=O) groups excluding carboxylic acids is 2. The lowest BCUT2D eigenvalue weighted by Crippen LogP contribution is -2.28. The summed E-state index contributed by atoms with van der Waals surface area (Å²) in [6.07, 6.45) is -0.346. The molecule has 0 aliphatic carbocycles. The van der Waals surface area contributed by atoms with Crippen LogP contribution in [0.1, 0.15) is 26.2 Å². The van der Waals surface area contributed by atoms with Crippen molar-refractivity contribution in [2.45, 2.75) is 31.7 Å². The van der Waals surface area contributed by atoms with Crippen LogP contribution in [0.3, 0.4) is 0 Å². The van der Waals surface area contributed by atoms with Crippen molar-refractivity contribution >= 4 is 23.1 Å². The number of hydrogen-bond donors (Lipinski definition) is 2. The predicted octanol–water partition coefficient (Wildman–Crippen LogP) is 0.921. The number of rotatable bonds is 8. The highest BCUT2D eigenvalue weighted by atomic mass is 32.2. The van der Waals surface area contributed by atoms with Crippen LogP contribution in [0.4, 0.5) is 9.18 Å². The van der Waals surface area contributed by atoms with Crippen LogP contribution in [0, 0.1) is 0 Å². The Morgan fingerprint density at radius 1 is 1.44 bits per heavy atom. The Hall–Kier alpha value is -1.22. The van der Waals surface area contributed by atoms with Gasteiger partial charge in [-0.1, -0.05) is 6.92 Å². The van der Waals surface area contributed by atoms with E-state index in [0.717, 1.165) is 0 Å². The number of nitrogens with one attached hydrogen (secondary N) is 1. The Morgan fingerprint density at radius 3 is 2.67 bits per heavy atom. The molecule has 0 aromatic heterocycles. The fraction of sp³-hybridized carbons (Fsp3) is 0.778. The second kappa shape index (κ2) is 9.77. The zero-order valence-electron chi connectivity index (χ0n) is 9.89. The molecule has 9 heteroatoms. The molecule has 2 atom stereocenters. The summed E-state index contributed by atoms with van der Waals surface area (Å²) in [6.45, 7) is 1.12. The maximum Gasteiger partial charge on any atom is 0.410 e. The van der Waals surface area contributed by atoms with Gasteiger partial charge in [-0.15, -0.1) is 0 Å². The Morgan fingerprint density at radius 2 is 2.11 bits per heavy atom. The smallest absolute Gasteiger partial charge is 0.410 e. The lowest BCUT2D eigenvalue weighted by atomic mass is 10.3. The minimum absolute atomic E-state index is 0.158. The van der Waals surface area contributed by atoms with E-state index in [1.807, 2.05) is 0 Å². The molecular weight excluding hydrogens is 269 g/mol. The standard InChI is InChI=1S/C9H16FNO6S/c1-2-3-8(12)16-6-17-9(13)11-5-4-7(10)18(14)15/h7H,2-6H2,1H3,(H,11,13)(H,14,15). The molecule has 0 fully saturated rings. The predicted molar refractivity (Wildman–Crippen MR) is 60.6 cm³/mol. The maximum absolute atomic E-state index is 12.6. The monoisotopic (exact) mass is 285 g/mol. The largest absolute Gasteiger partial charge is 0.428 e. The summed E-state index contributed by atoms with van der Waals surface area (Å²) in [5.41, 5.74) is -1.92. The molecule has 0 spiro atoms. The Kier molecular flexibility index (Phi) is 9.11. The summed E-state index contributed by atoms with van der Waals surface area (Å²) in [5.74, 6) is -0.482. The lowest BCUT2D eigenvalue weighted by Gasteiger charge is -2.08. The summed E-state index contributed by atoms with van der Waals surface area (Å²) >= 11 is -2.57. The van der Waals surface area contributed by atoms with Gasteiger partial charge < -0.3 is 19.3 Å². The quantitative estimate of drug-likeness (QED) is 0.390. The first-order chi connectivity index (χ1) is 8.47. The summed E-state index contributed by atoms with van der Waals surface area (Å²) in [4.78, 5) is 21.8. The number of carbonyl (C=O) groups is 2. The third-order valence-electron chi connectivity index (χ3n) is 1.72. The van der Waals surface area contributed by atoms with E-state index in [0.29, 0.717) is 6.42 Å². The van der Waals surface area contributed by atoms with Crippen molar-refractivity contribution < 1.29 is 32.2 Å². The lowest BCUT2D eigenvalue weighted by molar-refractivity contribution is -0.151. The molecule has 0 aromatic rings. The van der Waals surface area contributed by atoms with E-state index in [1.54, 1.807) is 6.92 Å². The van der Waals surface area contributed by atoms with Crippen molar-refractivity contribution in [1.82, 2.24) is 5.32 Å². The van der Waals surface area contributed by atoms with Crippen molar-refractivity contribution in [2.24, 2.45) is 0 Å². The van der Waals surface area contributed by atoms with Crippen LogP contribution < -0.4 is 5.32 Å². The van der Waals surface area contributed by atoms with Crippen molar-refractivity contribution in [3.05, 3.63) is 0 Å². The van der Waals surface area contributed by atoms with Crippen LogP contribution >= 0.6 is 0 Å². The number of amides is 1. The van der Waals surface area contributed by atoms with Crippen molar-refractivity contribution in [3.8, 4) is 0 Å². The zero-order valence-corrected chi connectivity index (χ0v) is 10.7. The summed E-state index contributed by atoms with van der Waals surface area (Å²) in [7, 11) is 0. The number of alkyl carbamates (subject to hydrolysis) is 1. The van der Waals surface area contributed by atoms with E-state index >= 15 is 0 Å². The summed E-state index contributed by atoms with van der Waals surface area (Å²) in [6, 6.07) is 0. The van der Waals surface area contributed by atoms with Crippen LogP contribution in [0.25, 0.3) is 0 Å². The van der Waals surface area contributed by atoms with E-state index in [1.165, 1.54) is 0 Å². The van der Waals surface area contributed by atoms with E-state index < -0.39 is 35.4 Å². The molecule has 0 bridgehead atoms. The molecule has 18 heavy (non-hydrogen) atoms. The minimum Gasteiger partial charge on any atom is -0.428 e. The van der Waals surface area contributed by atoms with Gasteiger partial charge >= 0.3 is 12.1 Å². The highest BCUT2D eigenvalue weighted by molar-refractivity contribution is 7.79. The van der Waals surface area contributed by atoms with Crippen molar-refractivity contribution in [1.29, 1.82) is 0 Å². The van der Waals surface area contributed by atoms with Crippen LogP contribution in [0.15, 0.2) is 0 Å². The molecule has 0 heterocycles. The highest BCUT2D eigenvalue weighted by Crippen LogP contribution is 2.00. The second-order valence-electron chi connectivity index (χ2n) is 3.22. The average molecular weight is 285 g/mol. The number of esters is 1. The van der Waals surface area contributed by atoms with Gasteiger partial charge in [-0.25, -0.2) is 13.4 Å². The first kappa shape index (κ1) is 16.8. The molecule has 2 unspecified atom stereocenters. The fourth-order valence-corrected chi connectivity index (χ4v) is 1.18. The molecule has 7 nitrogen and oxygen atoms in total. The molecule has 2 N–H and O–H groups in total. The van der Waals surface area contributed by atoms with Crippen molar-refractivity contribution in [2.75, 3.05) is 13.3 Å². The summed E-state index contributed by atoms with van der Waals surface area (Å²) < 4.78 is 40.1. The van der Waals surface area contributed by atoms with Gasteiger partial charge in [0.1, 0.15) is 0 Å². The Bertz CT molecular complexity index is 301. The highest BCUT2D eigenvalue weighted by Gasteiger charge is 2.13. The van der Waals surface area contributed by atoms with Gasteiger partial charge in [0.05, 0.1) is 0 Å². The van der Waals surface area contributed by atoms with Gasteiger partial charge in [0, 0.05) is 19.4 Å². The number of ether oxygens (including phenoxy) is 2. The van der Waals surface area contributed by atoms with E-state index in [9.17, 15) is 18.2 Å². The first-order valence-electron chi connectivity index (χ1n) is 5.27. The van der Waals surface area contributed by atoms with Gasteiger partial charge in [-0.3, -0.25) is 4.79 Å². The third kappa shape index (κ3) is 8.88. The molecule has 0 aliphatic rings. The van der Waals surface area contributed by atoms with Gasteiger partial charge in [0.2, 0.25) is 12.3 Å². The van der Waals surface area contributed by atoms with Crippen LogP contribution in [-0.2, 0) is 25.3 Å². The zero-order chi connectivity index (χ0) is 14.0. The number of alkyl halides is 1. The van der Waals surface area contributed by atoms with Crippen LogP contribution in [0.5, 0.6) is 0 Å². The fourth-order valence-electron chi connectivity index (χ4n) is 0.865. The second-order valence-corrected chi connectivity index (χ2v) is 4.28. The molecule has 0 saturated heterocycles. The molecule has 0 aliphatic heterocycles. The third-order valence-corrected chi connectivity index (χ3v) is 2.40. The Labute approximate surface area is 106 Å². The van der Waals surface area contributed by atoms with Crippen molar-refractivity contribution in [3.63, 3.8) is 0 Å². The minimum atomic E-state index is -2.57. The SMILES string of the molecule is CCCC(=O)OCOC(=O)NCCC(F)S(=O)O. The van der Waals surface area contributed by atoms with E-state index in [-0.39, 0.29) is 19.4 Å². The van der Waals surface area contributed by atoms with E-state index in [2.05, 4.69) is 14.8 Å². The van der Waals surface area contributed by atoms with Crippen LogP contribution in [0.2, 0.25) is 0 Å². The van der Waals surface area contributed by atoms with Gasteiger partial charge in [0.25, 0.3) is 0 Å². The van der Waals surface area contributed by atoms with Gasteiger partial charge in [-0.05, 0) is 6.42 Å². The molecule has 0 radical (unpaired) electrons.